The Kier molecular flexibility index (Phi) is 5.48. The van der Waals surface area contributed by atoms with E-state index in [0.29, 0.717) is 12.3 Å². The number of benzene rings is 1. The number of amides is 1. The minimum Gasteiger partial charge on any atom is -0.493 e. The topological polar surface area (TPSA) is 117 Å². The minimum atomic E-state index is -1.04. The van der Waals surface area contributed by atoms with Gasteiger partial charge in [-0.25, -0.2) is 0 Å². The third kappa shape index (κ3) is 4.06. The summed E-state index contributed by atoms with van der Waals surface area (Å²) in [6.45, 7) is 3.98. The molecule has 0 aliphatic heterocycles. The zero-order valence-electron chi connectivity index (χ0n) is 12.2. The van der Waals surface area contributed by atoms with Crippen LogP contribution in [0, 0.1) is 10.1 Å². The first-order valence-corrected chi connectivity index (χ1v) is 6.34. The van der Waals surface area contributed by atoms with E-state index in [1.54, 1.807) is 6.92 Å². The molecular formula is C13H19N3O5. The van der Waals surface area contributed by atoms with E-state index in [2.05, 4.69) is 5.32 Å². The van der Waals surface area contributed by atoms with E-state index in [9.17, 15) is 14.9 Å². The number of likely N-dealkylation sites (N-methyl/N-ethyl adjacent to an activating group) is 1. The Balaban J connectivity index is 2.92. The zero-order valence-corrected chi connectivity index (χ0v) is 12.2. The van der Waals surface area contributed by atoms with Crippen molar-refractivity contribution in [3.8, 4) is 11.5 Å². The zero-order chi connectivity index (χ0) is 16.0. The van der Waals surface area contributed by atoms with E-state index in [0.717, 1.165) is 0 Å². The van der Waals surface area contributed by atoms with Crippen LogP contribution in [0.5, 0.6) is 11.5 Å². The van der Waals surface area contributed by atoms with Crippen molar-refractivity contribution in [3.05, 3.63) is 28.3 Å². The minimum absolute atomic E-state index is 0.0235. The molecule has 21 heavy (non-hydrogen) atoms. The molecule has 1 aromatic rings. The number of nitro benzene ring substituents is 1. The molecule has 1 aromatic carbocycles. The Labute approximate surface area is 122 Å². The number of nitrogens with one attached hydrogen (secondary N) is 1. The molecule has 0 bridgehead atoms. The molecule has 0 radical (unpaired) electrons. The molecule has 0 aromatic heterocycles. The van der Waals surface area contributed by atoms with Crippen LogP contribution in [-0.4, -0.2) is 36.6 Å². The fourth-order valence-corrected chi connectivity index (χ4v) is 1.71. The average Bonchev–Trinajstić information content (AvgIpc) is 2.44. The van der Waals surface area contributed by atoms with Gasteiger partial charge in [-0.05, 0) is 19.5 Å². The molecule has 3 N–H and O–H groups in total. The molecule has 1 unspecified atom stereocenters. The van der Waals surface area contributed by atoms with Crippen LogP contribution in [0.2, 0.25) is 0 Å². The van der Waals surface area contributed by atoms with Gasteiger partial charge in [0.1, 0.15) is 12.1 Å². The highest BCUT2D eigenvalue weighted by molar-refractivity contribution is 5.84. The first-order chi connectivity index (χ1) is 9.84. The van der Waals surface area contributed by atoms with Gasteiger partial charge in [0.05, 0.1) is 18.1 Å². The van der Waals surface area contributed by atoms with Crippen LogP contribution in [-0.2, 0) is 4.79 Å². The van der Waals surface area contributed by atoms with E-state index in [1.165, 1.54) is 25.3 Å². The van der Waals surface area contributed by atoms with E-state index in [4.69, 9.17) is 15.2 Å². The van der Waals surface area contributed by atoms with Crippen LogP contribution in [0.3, 0.4) is 0 Å². The van der Waals surface area contributed by atoms with Crippen molar-refractivity contribution in [2.75, 3.05) is 20.3 Å². The normalized spacial score (nSPS) is 13.3. The first kappa shape index (κ1) is 16.7. The van der Waals surface area contributed by atoms with E-state index >= 15 is 0 Å². The Morgan fingerprint density at radius 2 is 2.14 bits per heavy atom. The Bertz CT molecular complexity index is 535. The summed E-state index contributed by atoms with van der Waals surface area (Å²) in [7, 11) is 1.38. The summed E-state index contributed by atoms with van der Waals surface area (Å²) in [5.74, 6) is -0.0359. The molecule has 8 nitrogen and oxygen atoms in total. The molecule has 8 heteroatoms. The Morgan fingerprint density at radius 3 is 2.62 bits per heavy atom. The number of carbonyl (C=O) groups is 1. The van der Waals surface area contributed by atoms with Crippen LogP contribution in [0.25, 0.3) is 0 Å². The molecule has 1 rings (SSSR count). The van der Waals surface area contributed by atoms with Gasteiger partial charge in [-0.15, -0.1) is 0 Å². The number of hydrogen-bond acceptors (Lipinski definition) is 6. The number of rotatable bonds is 8. The summed E-state index contributed by atoms with van der Waals surface area (Å²) in [5, 5.41) is 13.7. The van der Waals surface area contributed by atoms with Gasteiger partial charge in [-0.3, -0.25) is 14.9 Å². The highest BCUT2D eigenvalue weighted by Gasteiger charge is 2.31. The Hall–Kier alpha value is -2.35. The molecular weight excluding hydrogens is 278 g/mol. The number of nitrogens with two attached hydrogens (primary N) is 1. The van der Waals surface area contributed by atoms with Crippen molar-refractivity contribution in [3.63, 3.8) is 0 Å². The lowest BCUT2D eigenvalue weighted by atomic mass is 10.0. The number of primary amides is 1. The van der Waals surface area contributed by atoms with Crippen molar-refractivity contribution in [2.24, 2.45) is 5.73 Å². The smallest absolute Gasteiger partial charge is 0.273 e. The summed E-state index contributed by atoms with van der Waals surface area (Å²) in [6, 6.07) is 3.97. The van der Waals surface area contributed by atoms with Crippen LogP contribution < -0.4 is 20.5 Å². The molecule has 0 spiro atoms. The number of non-ortho nitro benzene ring substituents is 1. The molecule has 1 amide bonds. The highest BCUT2D eigenvalue weighted by atomic mass is 16.6. The molecule has 0 saturated heterocycles. The van der Waals surface area contributed by atoms with Crippen molar-refractivity contribution >= 4 is 11.6 Å². The molecule has 0 heterocycles. The number of ether oxygens (including phenoxy) is 2. The van der Waals surface area contributed by atoms with E-state index in [-0.39, 0.29) is 18.0 Å². The van der Waals surface area contributed by atoms with Crippen molar-refractivity contribution in [2.45, 2.75) is 19.4 Å². The first-order valence-electron chi connectivity index (χ1n) is 6.34. The van der Waals surface area contributed by atoms with Gasteiger partial charge in [-0.2, -0.15) is 0 Å². The summed E-state index contributed by atoms with van der Waals surface area (Å²) in [5.41, 5.74) is 4.21. The van der Waals surface area contributed by atoms with Gasteiger partial charge < -0.3 is 20.5 Å². The van der Waals surface area contributed by atoms with Crippen LogP contribution >= 0.6 is 0 Å². The molecule has 0 aliphatic carbocycles. The standard InChI is InChI=1S/C13H19N3O5/c1-4-15-13(2,12(14)17)8-21-10-6-5-9(16(18)19)7-11(10)20-3/h5-7,15H,4,8H2,1-3H3,(H2,14,17). The average molecular weight is 297 g/mol. The monoisotopic (exact) mass is 297 g/mol. The summed E-state index contributed by atoms with van der Waals surface area (Å²) in [4.78, 5) is 21.7. The second kappa shape index (κ2) is 6.89. The molecule has 0 aliphatic rings. The Morgan fingerprint density at radius 1 is 1.48 bits per heavy atom. The van der Waals surface area contributed by atoms with Crippen molar-refractivity contribution in [1.29, 1.82) is 0 Å². The maximum atomic E-state index is 11.5. The summed E-state index contributed by atoms with van der Waals surface area (Å²) < 4.78 is 10.6. The largest absolute Gasteiger partial charge is 0.493 e. The van der Waals surface area contributed by atoms with Crippen molar-refractivity contribution in [1.82, 2.24) is 5.32 Å². The van der Waals surface area contributed by atoms with Gasteiger partial charge in [0.25, 0.3) is 5.69 Å². The molecule has 1 atom stereocenters. The number of methoxy groups -OCH3 is 1. The van der Waals surface area contributed by atoms with Crippen LogP contribution in [0.4, 0.5) is 5.69 Å². The third-order valence-corrected chi connectivity index (χ3v) is 2.99. The SMILES string of the molecule is CCNC(C)(COc1ccc([N+](=O)[O-])cc1OC)C(N)=O. The fraction of sp³-hybridized carbons (Fsp3) is 0.462. The van der Waals surface area contributed by atoms with Crippen molar-refractivity contribution < 1.29 is 19.2 Å². The third-order valence-electron chi connectivity index (χ3n) is 2.99. The molecule has 0 saturated carbocycles. The quantitative estimate of drug-likeness (QED) is 0.542. The predicted molar refractivity (Wildman–Crippen MR) is 76.4 cm³/mol. The van der Waals surface area contributed by atoms with Crippen LogP contribution in [0.15, 0.2) is 18.2 Å². The maximum Gasteiger partial charge on any atom is 0.273 e. The second-order valence-corrected chi connectivity index (χ2v) is 4.61. The lowest BCUT2D eigenvalue weighted by molar-refractivity contribution is -0.385. The molecule has 0 fully saturated rings. The maximum absolute atomic E-state index is 11.5. The van der Waals surface area contributed by atoms with Gasteiger partial charge in [-0.1, -0.05) is 6.92 Å². The van der Waals surface area contributed by atoms with Crippen LogP contribution in [0.1, 0.15) is 13.8 Å². The second-order valence-electron chi connectivity index (χ2n) is 4.61. The van der Waals surface area contributed by atoms with E-state index < -0.39 is 16.4 Å². The number of carbonyl (C=O) groups excluding carboxylic acids is 1. The number of nitro groups is 1. The predicted octanol–water partition coefficient (Wildman–Crippen LogP) is 0.836. The highest BCUT2D eigenvalue weighted by Crippen LogP contribution is 2.31. The van der Waals surface area contributed by atoms with Gasteiger partial charge in [0.2, 0.25) is 5.91 Å². The van der Waals surface area contributed by atoms with Gasteiger partial charge >= 0.3 is 0 Å². The summed E-state index contributed by atoms with van der Waals surface area (Å²) >= 11 is 0. The van der Waals surface area contributed by atoms with Gasteiger partial charge in [0.15, 0.2) is 11.5 Å². The molecule has 116 valence electrons. The van der Waals surface area contributed by atoms with Gasteiger partial charge in [0, 0.05) is 6.07 Å². The lowest BCUT2D eigenvalue weighted by Crippen LogP contribution is -2.57. The summed E-state index contributed by atoms with van der Waals surface area (Å²) in [6.07, 6.45) is 0. The fourth-order valence-electron chi connectivity index (χ4n) is 1.71. The number of nitrogens with zero attached hydrogens (tertiary/aromatic N) is 1. The van der Waals surface area contributed by atoms with E-state index in [1.807, 2.05) is 6.92 Å². The number of hydrogen-bond donors (Lipinski definition) is 2. The lowest BCUT2D eigenvalue weighted by Gasteiger charge is -2.27.